The molecule has 0 N–H and O–H groups in total. The monoisotopic (exact) mass is 436 g/mol. The fourth-order valence-electron chi connectivity index (χ4n) is 3.10. The van der Waals surface area contributed by atoms with Crippen LogP contribution in [0.4, 0.5) is 0 Å². The third kappa shape index (κ3) is 6.12. The second kappa shape index (κ2) is 9.27. The van der Waals surface area contributed by atoms with E-state index in [0.29, 0.717) is 16.7 Å². The molecule has 0 aliphatic carbocycles. The molecule has 0 radical (unpaired) electrons. The number of hydrogen-bond acceptors (Lipinski definition) is 5. The number of carbonyl (C=O) groups is 2. The molecule has 0 aliphatic rings. The van der Waals surface area contributed by atoms with Crippen molar-refractivity contribution in [1.82, 2.24) is 0 Å². The zero-order chi connectivity index (χ0) is 22.6. The molecule has 31 heavy (non-hydrogen) atoms. The Balaban J connectivity index is 1.87. The van der Waals surface area contributed by atoms with Crippen LogP contribution in [-0.2, 0) is 20.3 Å². The minimum Gasteiger partial charge on any atom is -0.445 e. The van der Waals surface area contributed by atoms with E-state index in [9.17, 15) is 18.0 Å². The van der Waals surface area contributed by atoms with Gasteiger partial charge in [-0.3, -0.25) is 4.79 Å². The maximum absolute atomic E-state index is 13.2. The van der Waals surface area contributed by atoms with E-state index in [1.165, 1.54) is 12.1 Å². The molecule has 0 saturated carbocycles. The second-order valence-electron chi connectivity index (χ2n) is 7.69. The highest BCUT2D eigenvalue weighted by Gasteiger charge is 2.27. The highest BCUT2D eigenvalue weighted by Crippen LogP contribution is 2.25. The number of sulfone groups is 1. The summed E-state index contributed by atoms with van der Waals surface area (Å²) < 4.78 is 28.5. The molecule has 160 valence electrons. The minimum atomic E-state index is -3.17. The summed E-state index contributed by atoms with van der Waals surface area (Å²) in [5.41, 5.74) is 3.90. The van der Waals surface area contributed by atoms with Gasteiger partial charge in [0.25, 0.3) is 0 Å². The van der Waals surface area contributed by atoms with Crippen molar-refractivity contribution in [3.05, 3.63) is 106 Å². The Hall–Kier alpha value is -3.25. The van der Waals surface area contributed by atoms with Crippen LogP contribution in [0, 0.1) is 13.8 Å². The Bertz CT molecular complexity index is 1180. The summed E-state index contributed by atoms with van der Waals surface area (Å²) in [4.78, 5) is 26.0. The Morgan fingerprint density at radius 1 is 0.774 bits per heavy atom. The number of Topliss-reactive ketones (excluding diaryl/α,β-unsaturated/α-hetero) is 1. The molecule has 0 saturated heterocycles. The SMILES string of the molecule is Cc1ccc(C(=O)C(OC(=O)c2ccc(CS(C)(=O)=O)cc2)c2ccc(C)cc2)cc1. The van der Waals surface area contributed by atoms with Crippen LogP contribution in [-0.4, -0.2) is 26.4 Å². The second-order valence-corrected chi connectivity index (χ2v) is 9.83. The van der Waals surface area contributed by atoms with Crippen LogP contribution in [0.5, 0.6) is 0 Å². The highest BCUT2D eigenvalue weighted by atomic mass is 32.2. The molecule has 1 unspecified atom stereocenters. The van der Waals surface area contributed by atoms with Crippen molar-refractivity contribution < 1.29 is 22.7 Å². The number of ether oxygens (including phenoxy) is 1. The van der Waals surface area contributed by atoms with Gasteiger partial charge in [0.15, 0.2) is 15.9 Å². The number of benzene rings is 3. The molecule has 3 rings (SSSR count). The Morgan fingerprint density at radius 3 is 1.77 bits per heavy atom. The van der Waals surface area contributed by atoms with Gasteiger partial charge >= 0.3 is 5.97 Å². The van der Waals surface area contributed by atoms with Crippen LogP contribution in [0.25, 0.3) is 0 Å². The predicted octanol–water partition coefficient (Wildman–Crippen LogP) is 4.63. The standard InChI is InChI=1S/C25H24O5S/c1-17-4-10-20(11-5-17)23(26)24(21-12-6-18(2)7-13-21)30-25(27)22-14-8-19(9-15-22)16-31(3,28)29/h4-15,24H,16H2,1-3H3. The quantitative estimate of drug-likeness (QED) is 0.399. The van der Waals surface area contributed by atoms with E-state index >= 15 is 0 Å². The molecule has 3 aromatic rings. The smallest absolute Gasteiger partial charge is 0.339 e. The van der Waals surface area contributed by atoms with Crippen LogP contribution in [0.1, 0.15) is 49.1 Å². The Morgan fingerprint density at radius 2 is 1.26 bits per heavy atom. The first-order valence-corrected chi connectivity index (χ1v) is 11.8. The molecule has 0 amide bonds. The highest BCUT2D eigenvalue weighted by molar-refractivity contribution is 7.89. The molecular formula is C25H24O5S. The molecule has 0 aromatic heterocycles. The summed E-state index contributed by atoms with van der Waals surface area (Å²) in [5.74, 6) is -1.08. The van der Waals surface area contributed by atoms with Gasteiger partial charge in [-0.05, 0) is 31.5 Å². The van der Waals surface area contributed by atoms with Crippen molar-refractivity contribution in [3.8, 4) is 0 Å². The first kappa shape index (κ1) is 22.4. The maximum atomic E-state index is 13.2. The van der Waals surface area contributed by atoms with E-state index in [-0.39, 0.29) is 17.1 Å². The molecule has 0 bridgehead atoms. The van der Waals surface area contributed by atoms with Crippen LogP contribution in [0.2, 0.25) is 0 Å². The average molecular weight is 437 g/mol. The van der Waals surface area contributed by atoms with Gasteiger partial charge in [-0.1, -0.05) is 71.8 Å². The molecule has 6 heteroatoms. The summed E-state index contributed by atoms with van der Waals surface area (Å²) >= 11 is 0. The molecule has 5 nitrogen and oxygen atoms in total. The van der Waals surface area contributed by atoms with Crippen LogP contribution in [0.3, 0.4) is 0 Å². The number of aryl methyl sites for hydroxylation is 2. The van der Waals surface area contributed by atoms with Crippen LogP contribution >= 0.6 is 0 Å². The van der Waals surface area contributed by atoms with Gasteiger partial charge in [-0.2, -0.15) is 0 Å². The minimum absolute atomic E-state index is 0.111. The number of carbonyl (C=O) groups excluding carboxylic acids is 2. The molecule has 1 atom stereocenters. The predicted molar refractivity (Wildman–Crippen MR) is 120 cm³/mol. The van der Waals surface area contributed by atoms with Gasteiger partial charge in [0.05, 0.1) is 11.3 Å². The van der Waals surface area contributed by atoms with Gasteiger partial charge in [0.1, 0.15) is 0 Å². The van der Waals surface area contributed by atoms with Crippen molar-refractivity contribution in [2.24, 2.45) is 0 Å². The van der Waals surface area contributed by atoms with E-state index in [0.717, 1.165) is 17.4 Å². The third-order valence-electron chi connectivity index (χ3n) is 4.80. The lowest BCUT2D eigenvalue weighted by Gasteiger charge is -2.18. The number of hydrogen-bond donors (Lipinski definition) is 0. The van der Waals surface area contributed by atoms with Crippen molar-refractivity contribution in [2.75, 3.05) is 6.26 Å². The number of ketones is 1. The Kier molecular flexibility index (Phi) is 6.71. The van der Waals surface area contributed by atoms with Gasteiger partial charge in [0, 0.05) is 17.4 Å². The van der Waals surface area contributed by atoms with Gasteiger partial charge in [-0.15, -0.1) is 0 Å². The van der Waals surface area contributed by atoms with E-state index in [1.54, 1.807) is 36.4 Å². The van der Waals surface area contributed by atoms with E-state index in [1.807, 2.05) is 38.1 Å². The number of esters is 1. The van der Waals surface area contributed by atoms with Gasteiger partial charge in [-0.25, -0.2) is 13.2 Å². The molecule has 0 fully saturated rings. The number of rotatable bonds is 7. The topological polar surface area (TPSA) is 77.5 Å². The molecule has 0 spiro atoms. The summed E-state index contributed by atoms with van der Waals surface area (Å²) in [6.45, 7) is 3.86. The molecule has 0 aliphatic heterocycles. The fourth-order valence-corrected chi connectivity index (χ4v) is 3.90. The van der Waals surface area contributed by atoms with Crippen molar-refractivity contribution in [1.29, 1.82) is 0 Å². The lowest BCUT2D eigenvalue weighted by molar-refractivity contribution is 0.0280. The van der Waals surface area contributed by atoms with Crippen molar-refractivity contribution in [3.63, 3.8) is 0 Å². The lowest BCUT2D eigenvalue weighted by Crippen LogP contribution is -2.20. The Labute approximate surface area is 182 Å². The van der Waals surface area contributed by atoms with E-state index in [2.05, 4.69) is 0 Å². The van der Waals surface area contributed by atoms with Gasteiger partial charge in [0.2, 0.25) is 5.78 Å². The summed E-state index contributed by atoms with van der Waals surface area (Å²) in [6, 6.07) is 20.5. The largest absolute Gasteiger partial charge is 0.445 e. The third-order valence-corrected chi connectivity index (χ3v) is 5.66. The zero-order valence-electron chi connectivity index (χ0n) is 17.7. The maximum Gasteiger partial charge on any atom is 0.339 e. The average Bonchev–Trinajstić information content (AvgIpc) is 2.72. The van der Waals surface area contributed by atoms with Crippen LogP contribution in [0.15, 0.2) is 72.8 Å². The lowest BCUT2D eigenvalue weighted by atomic mass is 9.98. The summed E-state index contributed by atoms with van der Waals surface area (Å²) in [6.07, 6.45) is 0.0596. The van der Waals surface area contributed by atoms with E-state index < -0.39 is 21.9 Å². The zero-order valence-corrected chi connectivity index (χ0v) is 18.5. The first-order valence-electron chi connectivity index (χ1n) is 9.77. The first-order chi connectivity index (χ1) is 14.6. The van der Waals surface area contributed by atoms with Gasteiger partial charge < -0.3 is 4.74 Å². The van der Waals surface area contributed by atoms with Crippen LogP contribution < -0.4 is 0 Å². The molecule has 0 heterocycles. The van der Waals surface area contributed by atoms with Crippen molar-refractivity contribution >= 4 is 21.6 Å². The molecular weight excluding hydrogens is 412 g/mol. The summed E-state index contributed by atoms with van der Waals surface area (Å²) in [5, 5.41) is 0. The van der Waals surface area contributed by atoms with E-state index in [4.69, 9.17) is 4.74 Å². The summed E-state index contributed by atoms with van der Waals surface area (Å²) in [7, 11) is -3.17. The molecule has 3 aromatic carbocycles. The van der Waals surface area contributed by atoms with Crippen molar-refractivity contribution in [2.45, 2.75) is 25.7 Å². The normalized spacial score (nSPS) is 12.2. The fraction of sp³-hybridized carbons (Fsp3) is 0.200.